The van der Waals surface area contributed by atoms with Crippen molar-refractivity contribution in [3.05, 3.63) is 95.6 Å². The highest BCUT2D eigenvalue weighted by molar-refractivity contribution is 6.35. The summed E-state index contributed by atoms with van der Waals surface area (Å²) in [6.45, 7) is 1.90. The summed E-state index contributed by atoms with van der Waals surface area (Å²) < 4.78 is 11.0. The van der Waals surface area contributed by atoms with Crippen LogP contribution in [0.3, 0.4) is 0 Å². The average Bonchev–Trinajstić information content (AvgIpc) is 2.91. The average molecular weight is 489 g/mol. The predicted octanol–water partition coefficient (Wildman–Crippen LogP) is 2.72. The van der Waals surface area contributed by atoms with E-state index in [1.165, 1.54) is 13.3 Å². The molecule has 0 aliphatic heterocycles. The van der Waals surface area contributed by atoms with E-state index in [1.807, 2.05) is 60.7 Å². The SMILES string of the molecule is COc1cccc(/C=N\NC(=O)C(=O)N[C@@H](C)c2ccccc2)c1OCC(=O)NCc1ccccc1. The van der Waals surface area contributed by atoms with Crippen molar-refractivity contribution >= 4 is 23.9 Å². The van der Waals surface area contributed by atoms with Gasteiger partial charge < -0.3 is 20.1 Å². The largest absolute Gasteiger partial charge is 0.493 e. The zero-order valence-electron chi connectivity index (χ0n) is 20.1. The standard InChI is InChI=1S/C27H28N4O5/c1-19(21-12-7-4-8-13-21)30-26(33)27(34)31-29-17-22-14-9-15-23(35-2)25(22)36-18-24(32)28-16-20-10-5-3-6-11-20/h3-15,17,19H,16,18H2,1-2H3,(H,28,32)(H,30,33)(H,31,34)/b29-17-/t19-/m0/s1. The molecule has 0 saturated heterocycles. The molecule has 1 atom stereocenters. The maximum absolute atomic E-state index is 12.3. The first-order chi connectivity index (χ1) is 17.5. The molecule has 0 aromatic heterocycles. The number of para-hydroxylation sites is 1. The molecule has 3 aromatic carbocycles. The van der Waals surface area contributed by atoms with Gasteiger partial charge in [0.15, 0.2) is 18.1 Å². The Morgan fingerprint density at radius 1 is 0.917 bits per heavy atom. The molecule has 0 unspecified atom stereocenters. The minimum Gasteiger partial charge on any atom is -0.493 e. The number of hydrazone groups is 1. The maximum Gasteiger partial charge on any atom is 0.329 e. The Balaban J connectivity index is 1.56. The molecule has 3 aromatic rings. The highest BCUT2D eigenvalue weighted by atomic mass is 16.5. The first kappa shape index (κ1) is 26.0. The molecule has 9 nitrogen and oxygen atoms in total. The number of amides is 3. The Morgan fingerprint density at radius 3 is 2.31 bits per heavy atom. The van der Waals surface area contributed by atoms with E-state index in [-0.39, 0.29) is 24.3 Å². The third-order valence-corrected chi connectivity index (χ3v) is 5.13. The zero-order valence-corrected chi connectivity index (χ0v) is 20.1. The van der Waals surface area contributed by atoms with Crippen LogP contribution in [-0.4, -0.2) is 37.7 Å². The van der Waals surface area contributed by atoms with E-state index >= 15 is 0 Å². The second kappa shape index (κ2) is 13.3. The number of methoxy groups -OCH3 is 1. The monoisotopic (exact) mass is 488 g/mol. The Morgan fingerprint density at radius 2 is 1.61 bits per heavy atom. The van der Waals surface area contributed by atoms with Crippen LogP contribution in [0, 0.1) is 0 Å². The molecule has 9 heteroatoms. The molecule has 0 saturated carbocycles. The number of carbonyl (C=O) groups excluding carboxylic acids is 3. The van der Waals surface area contributed by atoms with Gasteiger partial charge in [0.2, 0.25) is 0 Å². The van der Waals surface area contributed by atoms with Crippen molar-refractivity contribution in [2.24, 2.45) is 5.10 Å². The molecule has 0 radical (unpaired) electrons. The number of hydrogen-bond donors (Lipinski definition) is 3. The molecule has 0 aliphatic rings. The quantitative estimate of drug-likeness (QED) is 0.230. The Bertz CT molecular complexity index is 1200. The Labute approximate surface area is 209 Å². The molecular weight excluding hydrogens is 460 g/mol. The van der Waals surface area contributed by atoms with Crippen LogP contribution in [0.2, 0.25) is 0 Å². The number of hydrogen-bond acceptors (Lipinski definition) is 6. The number of nitrogens with zero attached hydrogens (tertiary/aromatic N) is 1. The highest BCUT2D eigenvalue weighted by Crippen LogP contribution is 2.30. The van der Waals surface area contributed by atoms with Gasteiger partial charge in [-0.1, -0.05) is 66.7 Å². The molecular formula is C27H28N4O5. The van der Waals surface area contributed by atoms with Crippen molar-refractivity contribution in [3.63, 3.8) is 0 Å². The van der Waals surface area contributed by atoms with Crippen molar-refractivity contribution in [2.45, 2.75) is 19.5 Å². The van der Waals surface area contributed by atoms with Crippen LogP contribution in [0.5, 0.6) is 11.5 Å². The molecule has 0 bridgehead atoms. The molecule has 3 N–H and O–H groups in total. The van der Waals surface area contributed by atoms with Gasteiger partial charge in [0.05, 0.1) is 19.4 Å². The molecule has 3 rings (SSSR count). The van der Waals surface area contributed by atoms with Gasteiger partial charge in [-0.3, -0.25) is 14.4 Å². The summed E-state index contributed by atoms with van der Waals surface area (Å²) in [5.74, 6) is -1.39. The predicted molar refractivity (Wildman–Crippen MR) is 136 cm³/mol. The number of ether oxygens (including phenoxy) is 2. The van der Waals surface area contributed by atoms with E-state index < -0.39 is 11.8 Å². The lowest BCUT2D eigenvalue weighted by Crippen LogP contribution is -2.39. The van der Waals surface area contributed by atoms with Crippen molar-refractivity contribution in [3.8, 4) is 11.5 Å². The van der Waals surface area contributed by atoms with Crippen LogP contribution in [0.1, 0.15) is 29.7 Å². The molecule has 0 fully saturated rings. The summed E-state index contributed by atoms with van der Waals surface area (Å²) in [4.78, 5) is 36.6. The van der Waals surface area contributed by atoms with Gasteiger partial charge in [0, 0.05) is 12.1 Å². The fourth-order valence-corrected chi connectivity index (χ4v) is 3.23. The second-order valence-corrected chi connectivity index (χ2v) is 7.73. The highest BCUT2D eigenvalue weighted by Gasteiger charge is 2.17. The smallest absolute Gasteiger partial charge is 0.329 e. The number of carbonyl (C=O) groups is 3. The minimum atomic E-state index is -0.917. The summed E-state index contributed by atoms with van der Waals surface area (Å²) in [5.41, 5.74) is 4.48. The number of rotatable bonds is 10. The van der Waals surface area contributed by atoms with E-state index in [1.54, 1.807) is 25.1 Å². The van der Waals surface area contributed by atoms with Gasteiger partial charge in [-0.05, 0) is 30.2 Å². The van der Waals surface area contributed by atoms with Crippen LogP contribution in [0.25, 0.3) is 0 Å². The molecule has 3 amide bonds. The third-order valence-electron chi connectivity index (χ3n) is 5.13. The summed E-state index contributed by atoms with van der Waals surface area (Å²) in [6.07, 6.45) is 1.31. The van der Waals surface area contributed by atoms with E-state index in [0.717, 1.165) is 11.1 Å². The summed E-state index contributed by atoms with van der Waals surface area (Å²) in [7, 11) is 1.47. The molecule has 36 heavy (non-hydrogen) atoms. The van der Waals surface area contributed by atoms with Crippen LogP contribution < -0.4 is 25.5 Å². The summed E-state index contributed by atoms with van der Waals surface area (Å²) in [5, 5.41) is 9.26. The van der Waals surface area contributed by atoms with Crippen molar-refractivity contribution in [2.75, 3.05) is 13.7 Å². The van der Waals surface area contributed by atoms with Crippen LogP contribution in [-0.2, 0) is 20.9 Å². The van der Waals surface area contributed by atoms with E-state index in [2.05, 4.69) is 21.2 Å². The minimum absolute atomic E-state index is 0.250. The normalized spacial score (nSPS) is 11.4. The fraction of sp³-hybridized carbons (Fsp3) is 0.185. The molecule has 0 heterocycles. The fourth-order valence-electron chi connectivity index (χ4n) is 3.23. The van der Waals surface area contributed by atoms with E-state index in [0.29, 0.717) is 17.9 Å². The van der Waals surface area contributed by atoms with Gasteiger partial charge in [0.25, 0.3) is 5.91 Å². The maximum atomic E-state index is 12.3. The Hall–Kier alpha value is -4.66. The first-order valence-electron chi connectivity index (χ1n) is 11.3. The molecule has 186 valence electrons. The Kier molecular flexibility index (Phi) is 9.58. The number of benzene rings is 3. The van der Waals surface area contributed by atoms with Crippen molar-refractivity contribution in [1.29, 1.82) is 0 Å². The molecule has 0 spiro atoms. The zero-order chi connectivity index (χ0) is 25.8. The van der Waals surface area contributed by atoms with Gasteiger partial charge >= 0.3 is 11.8 Å². The van der Waals surface area contributed by atoms with Crippen molar-refractivity contribution in [1.82, 2.24) is 16.1 Å². The second-order valence-electron chi connectivity index (χ2n) is 7.73. The van der Waals surface area contributed by atoms with E-state index in [9.17, 15) is 14.4 Å². The lowest BCUT2D eigenvalue weighted by atomic mass is 10.1. The summed E-state index contributed by atoms with van der Waals surface area (Å²) >= 11 is 0. The topological polar surface area (TPSA) is 118 Å². The van der Waals surface area contributed by atoms with Gasteiger partial charge in [-0.2, -0.15) is 5.10 Å². The molecule has 0 aliphatic carbocycles. The van der Waals surface area contributed by atoms with Gasteiger partial charge in [0.1, 0.15) is 0 Å². The lowest BCUT2D eigenvalue weighted by molar-refractivity contribution is -0.139. The van der Waals surface area contributed by atoms with Crippen LogP contribution in [0.4, 0.5) is 0 Å². The first-order valence-corrected chi connectivity index (χ1v) is 11.3. The summed E-state index contributed by atoms with van der Waals surface area (Å²) in [6, 6.07) is 23.5. The lowest BCUT2D eigenvalue weighted by Gasteiger charge is -2.14. The van der Waals surface area contributed by atoms with E-state index in [4.69, 9.17) is 9.47 Å². The number of nitrogens with one attached hydrogen (secondary N) is 3. The third kappa shape index (κ3) is 7.69. The van der Waals surface area contributed by atoms with Crippen LogP contribution in [0.15, 0.2) is 84.0 Å². The van der Waals surface area contributed by atoms with Crippen LogP contribution >= 0.6 is 0 Å². The van der Waals surface area contributed by atoms with Gasteiger partial charge in [-0.15, -0.1) is 0 Å². The van der Waals surface area contributed by atoms with Crippen molar-refractivity contribution < 1.29 is 23.9 Å². The van der Waals surface area contributed by atoms with Gasteiger partial charge in [-0.25, -0.2) is 5.43 Å².